The first-order valence-electron chi connectivity index (χ1n) is 8.16. The van der Waals surface area contributed by atoms with Gasteiger partial charge >= 0.3 is 0 Å². The van der Waals surface area contributed by atoms with E-state index in [-0.39, 0.29) is 0 Å². The summed E-state index contributed by atoms with van der Waals surface area (Å²) in [6, 6.07) is 12.0. The zero-order valence-corrected chi connectivity index (χ0v) is 13.9. The standard InChI is InChI=1S/C18H32N2/c1-6-16(5)20(8-3)14-15(4)18(19-7-2)17-12-10-9-11-13-17/h9-13,15-16,18-19H,6-8,14H2,1-5H3. The normalized spacial score (nSPS) is 16.1. The average molecular weight is 276 g/mol. The van der Waals surface area contributed by atoms with E-state index in [1.807, 2.05) is 0 Å². The summed E-state index contributed by atoms with van der Waals surface area (Å²) in [7, 11) is 0. The molecule has 0 saturated carbocycles. The Hall–Kier alpha value is -0.860. The van der Waals surface area contributed by atoms with Crippen molar-refractivity contribution in [1.29, 1.82) is 0 Å². The minimum absolute atomic E-state index is 0.444. The molecular weight excluding hydrogens is 244 g/mol. The Bertz CT molecular complexity index is 350. The van der Waals surface area contributed by atoms with E-state index < -0.39 is 0 Å². The van der Waals surface area contributed by atoms with E-state index in [4.69, 9.17) is 0 Å². The summed E-state index contributed by atoms with van der Waals surface area (Å²) in [5.74, 6) is 0.603. The van der Waals surface area contributed by atoms with Gasteiger partial charge < -0.3 is 10.2 Å². The first-order valence-corrected chi connectivity index (χ1v) is 8.16. The molecule has 0 amide bonds. The zero-order valence-electron chi connectivity index (χ0n) is 13.9. The van der Waals surface area contributed by atoms with Crippen molar-refractivity contribution in [2.45, 2.75) is 53.1 Å². The first-order chi connectivity index (χ1) is 9.63. The number of nitrogens with zero attached hydrogens (tertiary/aromatic N) is 1. The Kier molecular flexibility index (Phi) is 7.86. The molecule has 0 radical (unpaired) electrons. The zero-order chi connectivity index (χ0) is 15.0. The summed E-state index contributed by atoms with van der Waals surface area (Å²) in [6.45, 7) is 14.7. The molecule has 114 valence electrons. The number of benzene rings is 1. The van der Waals surface area contributed by atoms with Gasteiger partial charge in [0.15, 0.2) is 0 Å². The van der Waals surface area contributed by atoms with Gasteiger partial charge in [-0.15, -0.1) is 0 Å². The molecule has 0 aliphatic carbocycles. The molecule has 3 atom stereocenters. The molecule has 3 unspecified atom stereocenters. The molecule has 20 heavy (non-hydrogen) atoms. The van der Waals surface area contributed by atoms with Crippen LogP contribution in [-0.2, 0) is 0 Å². The molecule has 0 aliphatic rings. The second-order valence-electron chi connectivity index (χ2n) is 5.77. The summed E-state index contributed by atoms with van der Waals surface area (Å²) >= 11 is 0. The van der Waals surface area contributed by atoms with Crippen molar-refractivity contribution in [3.63, 3.8) is 0 Å². The van der Waals surface area contributed by atoms with Crippen molar-refractivity contribution in [3.05, 3.63) is 35.9 Å². The van der Waals surface area contributed by atoms with Crippen LogP contribution in [0.1, 0.15) is 52.6 Å². The molecule has 0 fully saturated rings. The van der Waals surface area contributed by atoms with E-state index >= 15 is 0 Å². The van der Waals surface area contributed by atoms with Crippen LogP contribution in [0.5, 0.6) is 0 Å². The molecule has 0 heterocycles. The molecule has 0 bridgehead atoms. The smallest absolute Gasteiger partial charge is 0.0358 e. The van der Waals surface area contributed by atoms with Crippen LogP contribution in [0.2, 0.25) is 0 Å². The second-order valence-corrected chi connectivity index (χ2v) is 5.77. The largest absolute Gasteiger partial charge is 0.310 e. The van der Waals surface area contributed by atoms with Gasteiger partial charge in [-0.2, -0.15) is 0 Å². The molecular formula is C18H32N2. The van der Waals surface area contributed by atoms with Crippen molar-refractivity contribution < 1.29 is 0 Å². The fourth-order valence-corrected chi connectivity index (χ4v) is 2.88. The third kappa shape index (κ3) is 4.92. The molecule has 1 aromatic carbocycles. The molecule has 2 nitrogen and oxygen atoms in total. The van der Waals surface area contributed by atoms with Crippen LogP contribution in [-0.4, -0.2) is 30.6 Å². The molecule has 0 spiro atoms. The highest BCUT2D eigenvalue weighted by Gasteiger charge is 2.21. The van der Waals surface area contributed by atoms with Crippen molar-refractivity contribution in [3.8, 4) is 0 Å². The van der Waals surface area contributed by atoms with E-state index in [0.29, 0.717) is 18.0 Å². The van der Waals surface area contributed by atoms with Crippen LogP contribution < -0.4 is 5.32 Å². The molecule has 0 saturated heterocycles. The molecule has 0 aliphatic heterocycles. The van der Waals surface area contributed by atoms with Crippen molar-refractivity contribution in [2.75, 3.05) is 19.6 Å². The highest BCUT2D eigenvalue weighted by molar-refractivity contribution is 5.19. The van der Waals surface area contributed by atoms with Gasteiger partial charge in [0.25, 0.3) is 0 Å². The summed E-state index contributed by atoms with van der Waals surface area (Å²) in [5.41, 5.74) is 1.40. The third-order valence-electron chi connectivity index (χ3n) is 4.29. The number of rotatable bonds is 9. The minimum Gasteiger partial charge on any atom is -0.310 e. The Morgan fingerprint density at radius 2 is 1.70 bits per heavy atom. The maximum Gasteiger partial charge on any atom is 0.0358 e. The third-order valence-corrected chi connectivity index (χ3v) is 4.29. The quantitative estimate of drug-likeness (QED) is 0.730. The molecule has 1 aromatic rings. The lowest BCUT2D eigenvalue weighted by atomic mass is 9.93. The lowest BCUT2D eigenvalue weighted by molar-refractivity contribution is 0.169. The van der Waals surface area contributed by atoms with Crippen molar-refractivity contribution in [1.82, 2.24) is 10.2 Å². The SMILES string of the molecule is CCNC(c1ccccc1)C(C)CN(CC)C(C)CC. The monoisotopic (exact) mass is 276 g/mol. The highest BCUT2D eigenvalue weighted by Crippen LogP contribution is 2.23. The summed E-state index contributed by atoms with van der Waals surface area (Å²) < 4.78 is 0. The van der Waals surface area contributed by atoms with E-state index in [2.05, 4.69) is 75.2 Å². The van der Waals surface area contributed by atoms with E-state index in [1.165, 1.54) is 12.0 Å². The van der Waals surface area contributed by atoms with Gasteiger partial charge in [-0.3, -0.25) is 0 Å². The van der Waals surface area contributed by atoms with E-state index in [1.54, 1.807) is 0 Å². The minimum atomic E-state index is 0.444. The summed E-state index contributed by atoms with van der Waals surface area (Å²) in [5, 5.41) is 3.66. The molecule has 1 rings (SSSR count). The number of hydrogen-bond acceptors (Lipinski definition) is 2. The van der Waals surface area contributed by atoms with Crippen LogP contribution in [0.15, 0.2) is 30.3 Å². The van der Waals surface area contributed by atoms with Crippen LogP contribution in [0.4, 0.5) is 0 Å². The van der Waals surface area contributed by atoms with Gasteiger partial charge in [0.05, 0.1) is 0 Å². The van der Waals surface area contributed by atoms with Crippen LogP contribution in [0.25, 0.3) is 0 Å². The number of nitrogens with one attached hydrogen (secondary N) is 1. The fraction of sp³-hybridized carbons (Fsp3) is 0.667. The van der Waals surface area contributed by atoms with E-state index in [0.717, 1.165) is 19.6 Å². The Labute approximate surface area is 125 Å². The van der Waals surface area contributed by atoms with Gasteiger partial charge in [-0.25, -0.2) is 0 Å². The maximum atomic E-state index is 3.66. The number of hydrogen-bond donors (Lipinski definition) is 1. The Morgan fingerprint density at radius 3 is 2.20 bits per heavy atom. The topological polar surface area (TPSA) is 15.3 Å². The first kappa shape index (κ1) is 17.2. The van der Waals surface area contributed by atoms with Crippen molar-refractivity contribution in [2.24, 2.45) is 5.92 Å². The van der Waals surface area contributed by atoms with E-state index in [9.17, 15) is 0 Å². The fourth-order valence-electron chi connectivity index (χ4n) is 2.88. The Balaban J connectivity index is 2.76. The Morgan fingerprint density at radius 1 is 1.05 bits per heavy atom. The lowest BCUT2D eigenvalue weighted by Gasteiger charge is -2.33. The van der Waals surface area contributed by atoms with Gasteiger partial charge in [-0.05, 0) is 37.9 Å². The molecule has 0 aromatic heterocycles. The lowest BCUT2D eigenvalue weighted by Crippen LogP contribution is -2.40. The molecule has 2 heteroatoms. The summed E-state index contributed by atoms with van der Waals surface area (Å²) in [4.78, 5) is 2.60. The predicted molar refractivity (Wildman–Crippen MR) is 89.0 cm³/mol. The van der Waals surface area contributed by atoms with Crippen LogP contribution in [0, 0.1) is 5.92 Å². The van der Waals surface area contributed by atoms with Crippen LogP contribution in [0.3, 0.4) is 0 Å². The van der Waals surface area contributed by atoms with Gasteiger partial charge in [-0.1, -0.05) is 58.0 Å². The van der Waals surface area contributed by atoms with Gasteiger partial charge in [0.1, 0.15) is 0 Å². The predicted octanol–water partition coefficient (Wildman–Crippen LogP) is 4.09. The summed E-state index contributed by atoms with van der Waals surface area (Å²) in [6.07, 6.45) is 1.22. The second kappa shape index (κ2) is 9.15. The highest BCUT2D eigenvalue weighted by atomic mass is 15.1. The maximum absolute atomic E-state index is 3.66. The van der Waals surface area contributed by atoms with Gasteiger partial charge in [0.2, 0.25) is 0 Å². The molecule has 1 N–H and O–H groups in total. The average Bonchev–Trinajstić information content (AvgIpc) is 2.50. The van der Waals surface area contributed by atoms with Gasteiger partial charge in [0, 0.05) is 18.6 Å². The van der Waals surface area contributed by atoms with Crippen LogP contribution >= 0.6 is 0 Å². The van der Waals surface area contributed by atoms with Crippen molar-refractivity contribution >= 4 is 0 Å².